The first-order valence-corrected chi connectivity index (χ1v) is 11.7. The number of ether oxygens (including phenoxy) is 1. The molecule has 2 aromatic carbocycles. The van der Waals surface area contributed by atoms with Gasteiger partial charge >= 0.3 is 0 Å². The highest BCUT2D eigenvalue weighted by Crippen LogP contribution is 2.40. The molecule has 1 aliphatic rings. The smallest absolute Gasteiger partial charge is 0.295 e. The third-order valence-electron chi connectivity index (χ3n) is 5.85. The zero-order valence-corrected chi connectivity index (χ0v) is 20.0. The van der Waals surface area contributed by atoms with Crippen LogP contribution in [0.3, 0.4) is 0 Å². The molecule has 1 atom stereocenters. The third kappa shape index (κ3) is 5.38. The van der Waals surface area contributed by atoms with Crippen molar-refractivity contribution in [1.82, 2.24) is 4.90 Å². The average molecular weight is 451 g/mol. The maximum atomic E-state index is 13.1. The highest BCUT2D eigenvalue weighted by atomic mass is 16.5. The van der Waals surface area contributed by atoms with Crippen molar-refractivity contribution in [3.63, 3.8) is 0 Å². The number of nitrogens with zero attached hydrogens (tertiary/aromatic N) is 2. The van der Waals surface area contributed by atoms with Gasteiger partial charge in [-0.1, -0.05) is 51.0 Å². The molecule has 6 heteroatoms. The van der Waals surface area contributed by atoms with E-state index in [0.29, 0.717) is 24.5 Å². The summed E-state index contributed by atoms with van der Waals surface area (Å²) in [5.74, 6) is -0.766. The molecule has 1 saturated heterocycles. The first kappa shape index (κ1) is 24.4. The summed E-state index contributed by atoms with van der Waals surface area (Å²) in [4.78, 5) is 29.7. The lowest BCUT2D eigenvalue weighted by atomic mass is 9.95. The Hall–Kier alpha value is -3.28. The van der Waals surface area contributed by atoms with E-state index in [0.717, 1.165) is 36.9 Å². The van der Waals surface area contributed by atoms with Crippen molar-refractivity contribution < 1.29 is 19.4 Å². The summed E-state index contributed by atoms with van der Waals surface area (Å²) in [6.07, 6.45) is 3.64. The number of carbonyl (C=O) groups excluding carboxylic acids is 2. The van der Waals surface area contributed by atoms with Crippen LogP contribution in [-0.2, 0) is 9.59 Å². The number of carbonyl (C=O) groups is 2. The quantitative estimate of drug-likeness (QED) is 0.235. The van der Waals surface area contributed by atoms with Crippen LogP contribution in [0.4, 0.5) is 5.69 Å². The van der Waals surface area contributed by atoms with Crippen LogP contribution in [-0.4, -0.2) is 48.9 Å². The van der Waals surface area contributed by atoms with Crippen LogP contribution in [0.25, 0.3) is 5.76 Å². The molecule has 0 aromatic heterocycles. The second kappa shape index (κ2) is 11.0. The van der Waals surface area contributed by atoms with Gasteiger partial charge < -0.3 is 19.6 Å². The molecular formula is C27H34N2O4. The van der Waals surface area contributed by atoms with Gasteiger partial charge in [-0.25, -0.2) is 0 Å². The molecule has 176 valence electrons. The molecule has 1 unspecified atom stereocenters. The molecule has 0 radical (unpaired) electrons. The standard InChI is InChI=1S/C27H34N2O4/c1-5-7-8-16-29-24(19-12-14-21(15-13-19)28(3)4)23(26(31)27(29)32)25(30)20-10-9-11-22(18-20)33-17-6-2/h9-15,18,24,30H,5-8,16-17H2,1-4H3/b25-23-. The number of Topliss-reactive ketones (excluding diaryl/α,β-unsaturated/α-hetero) is 1. The van der Waals surface area contributed by atoms with Crippen LogP contribution < -0.4 is 9.64 Å². The fourth-order valence-corrected chi connectivity index (χ4v) is 4.05. The second-order valence-corrected chi connectivity index (χ2v) is 8.56. The number of ketones is 1. The summed E-state index contributed by atoms with van der Waals surface area (Å²) in [7, 11) is 3.92. The zero-order chi connectivity index (χ0) is 24.0. The van der Waals surface area contributed by atoms with Crippen molar-refractivity contribution in [3.05, 3.63) is 65.2 Å². The number of aliphatic hydroxyl groups excluding tert-OH is 1. The fraction of sp³-hybridized carbons (Fsp3) is 0.407. The number of hydrogen-bond acceptors (Lipinski definition) is 5. The predicted molar refractivity (Wildman–Crippen MR) is 132 cm³/mol. The van der Waals surface area contributed by atoms with Gasteiger partial charge in [-0.05, 0) is 42.7 Å². The van der Waals surface area contributed by atoms with Crippen molar-refractivity contribution in [1.29, 1.82) is 0 Å². The summed E-state index contributed by atoms with van der Waals surface area (Å²) in [6.45, 7) is 5.14. The van der Waals surface area contributed by atoms with Gasteiger partial charge in [-0.3, -0.25) is 9.59 Å². The molecule has 0 bridgehead atoms. The van der Waals surface area contributed by atoms with Gasteiger partial charge in [-0.15, -0.1) is 0 Å². The van der Waals surface area contributed by atoms with E-state index in [1.54, 1.807) is 23.1 Å². The Morgan fingerprint density at radius 3 is 2.39 bits per heavy atom. The lowest BCUT2D eigenvalue weighted by Crippen LogP contribution is -2.30. The molecule has 0 spiro atoms. The monoisotopic (exact) mass is 450 g/mol. The van der Waals surface area contributed by atoms with Crippen molar-refractivity contribution in [2.24, 2.45) is 0 Å². The number of amides is 1. The molecular weight excluding hydrogens is 416 g/mol. The van der Waals surface area contributed by atoms with Crippen molar-refractivity contribution in [3.8, 4) is 5.75 Å². The SMILES string of the molecule is CCCCCN1C(=O)C(=O)/C(=C(\O)c2cccc(OCCC)c2)C1c1ccc(N(C)C)cc1. The highest BCUT2D eigenvalue weighted by molar-refractivity contribution is 6.46. The Labute approximate surface area is 196 Å². The summed E-state index contributed by atoms with van der Waals surface area (Å²) < 4.78 is 5.69. The van der Waals surface area contributed by atoms with Gasteiger partial charge in [0.2, 0.25) is 0 Å². The zero-order valence-electron chi connectivity index (χ0n) is 20.0. The summed E-state index contributed by atoms with van der Waals surface area (Å²) in [6, 6.07) is 14.2. The van der Waals surface area contributed by atoms with Crippen LogP contribution >= 0.6 is 0 Å². The molecule has 6 nitrogen and oxygen atoms in total. The molecule has 1 aliphatic heterocycles. The lowest BCUT2D eigenvalue weighted by Gasteiger charge is -2.26. The fourth-order valence-electron chi connectivity index (χ4n) is 4.05. The normalized spacial score (nSPS) is 17.5. The lowest BCUT2D eigenvalue weighted by molar-refractivity contribution is -0.139. The summed E-state index contributed by atoms with van der Waals surface area (Å²) in [5, 5.41) is 11.2. The Balaban J connectivity index is 2.08. The molecule has 1 amide bonds. The molecule has 33 heavy (non-hydrogen) atoms. The van der Waals surface area contributed by atoms with Crippen molar-refractivity contribution in [2.75, 3.05) is 32.1 Å². The minimum atomic E-state index is -0.648. The van der Waals surface area contributed by atoms with Crippen LogP contribution in [0.2, 0.25) is 0 Å². The number of hydrogen-bond donors (Lipinski definition) is 1. The van der Waals surface area contributed by atoms with Gasteiger partial charge in [0.25, 0.3) is 11.7 Å². The van der Waals surface area contributed by atoms with Crippen LogP contribution in [0.15, 0.2) is 54.1 Å². The first-order chi connectivity index (χ1) is 15.9. The Morgan fingerprint density at radius 2 is 1.76 bits per heavy atom. The van der Waals surface area contributed by atoms with E-state index in [1.807, 2.05) is 56.3 Å². The Morgan fingerprint density at radius 1 is 1.03 bits per heavy atom. The largest absolute Gasteiger partial charge is 0.507 e. The highest BCUT2D eigenvalue weighted by Gasteiger charge is 2.45. The van der Waals surface area contributed by atoms with E-state index >= 15 is 0 Å². The van der Waals surface area contributed by atoms with Crippen LogP contribution in [0.5, 0.6) is 5.75 Å². The van der Waals surface area contributed by atoms with Crippen LogP contribution in [0, 0.1) is 0 Å². The van der Waals surface area contributed by atoms with E-state index in [9.17, 15) is 14.7 Å². The van der Waals surface area contributed by atoms with E-state index in [1.165, 1.54) is 0 Å². The van der Waals surface area contributed by atoms with Gasteiger partial charge in [-0.2, -0.15) is 0 Å². The molecule has 2 aromatic rings. The molecule has 1 N–H and O–H groups in total. The summed E-state index contributed by atoms with van der Waals surface area (Å²) in [5.41, 5.74) is 2.41. The van der Waals surface area contributed by atoms with Crippen LogP contribution in [0.1, 0.15) is 56.7 Å². The van der Waals surface area contributed by atoms with Gasteiger partial charge in [0.1, 0.15) is 11.5 Å². The molecule has 1 heterocycles. The van der Waals surface area contributed by atoms with Crippen molar-refractivity contribution >= 4 is 23.1 Å². The Kier molecular flexibility index (Phi) is 8.15. The predicted octanol–water partition coefficient (Wildman–Crippen LogP) is 5.15. The average Bonchev–Trinajstić information content (AvgIpc) is 3.07. The third-order valence-corrected chi connectivity index (χ3v) is 5.85. The number of likely N-dealkylation sites (tertiary alicyclic amines) is 1. The van der Waals surface area contributed by atoms with Crippen molar-refractivity contribution in [2.45, 2.75) is 45.6 Å². The maximum absolute atomic E-state index is 13.1. The number of unbranched alkanes of at least 4 members (excludes halogenated alkanes) is 2. The first-order valence-electron chi connectivity index (χ1n) is 11.7. The molecule has 3 rings (SSSR count). The minimum absolute atomic E-state index is 0.127. The van der Waals surface area contributed by atoms with Gasteiger partial charge in [0.15, 0.2) is 0 Å². The molecule has 1 fully saturated rings. The number of aliphatic hydroxyl groups is 1. The molecule has 0 aliphatic carbocycles. The molecule has 0 saturated carbocycles. The van der Waals surface area contributed by atoms with Gasteiger partial charge in [0.05, 0.1) is 18.2 Å². The number of benzene rings is 2. The van der Waals surface area contributed by atoms with E-state index < -0.39 is 17.7 Å². The second-order valence-electron chi connectivity index (χ2n) is 8.56. The van der Waals surface area contributed by atoms with E-state index in [2.05, 4.69) is 6.92 Å². The van der Waals surface area contributed by atoms with E-state index in [-0.39, 0.29) is 11.3 Å². The summed E-state index contributed by atoms with van der Waals surface area (Å²) >= 11 is 0. The number of anilines is 1. The Bertz CT molecular complexity index is 1010. The maximum Gasteiger partial charge on any atom is 0.295 e. The van der Waals surface area contributed by atoms with Gasteiger partial charge in [0, 0.05) is 31.9 Å². The topological polar surface area (TPSA) is 70.1 Å². The minimum Gasteiger partial charge on any atom is -0.507 e. The van der Waals surface area contributed by atoms with E-state index in [4.69, 9.17) is 4.74 Å². The number of rotatable bonds is 10.